The predicted octanol–water partition coefficient (Wildman–Crippen LogP) is 4.65. The van der Waals surface area contributed by atoms with E-state index in [1.54, 1.807) is 14.0 Å². The van der Waals surface area contributed by atoms with Crippen LogP contribution in [0.3, 0.4) is 0 Å². The van der Waals surface area contributed by atoms with E-state index < -0.39 is 18.5 Å². The van der Waals surface area contributed by atoms with Gasteiger partial charge in [-0.05, 0) is 30.2 Å². The van der Waals surface area contributed by atoms with Crippen LogP contribution in [0.2, 0.25) is 0 Å². The van der Waals surface area contributed by atoms with Crippen molar-refractivity contribution in [3.63, 3.8) is 0 Å². The second-order valence-electron chi connectivity index (χ2n) is 8.38. The molecule has 8 heteroatoms. The summed E-state index contributed by atoms with van der Waals surface area (Å²) < 4.78 is 15.9. The summed E-state index contributed by atoms with van der Waals surface area (Å²) in [4.78, 5) is 25.9. The highest BCUT2D eigenvalue weighted by atomic mass is 16.5. The third-order valence-electron chi connectivity index (χ3n) is 5.72. The molecule has 2 heterocycles. The van der Waals surface area contributed by atoms with Gasteiger partial charge in [-0.1, -0.05) is 61.5 Å². The number of methoxy groups -OCH3 is 1. The van der Waals surface area contributed by atoms with Crippen LogP contribution in [0.15, 0.2) is 64.2 Å². The van der Waals surface area contributed by atoms with Crippen LogP contribution in [-0.4, -0.2) is 41.5 Å². The summed E-state index contributed by atoms with van der Waals surface area (Å²) in [5.74, 6) is 0.0681. The van der Waals surface area contributed by atoms with Crippen molar-refractivity contribution < 1.29 is 23.6 Å². The molecule has 0 aliphatic carbocycles. The minimum atomic E-state index is -0.636. The maximum absolute atomic E-state index is 13.2. The van der Waals surface area contributed by atoms with Crippen molar-refractivity contribution in [3.05, 3.63) is 82.7 Å². The second-order valence-corrected chi connectivity index (χ2v) is 8.38. The van der Waals surface area contributed by atoms with Crippen LogP contribution in [0.5, 0.6) is 5.75 Å². The van der Waals surface area contributed by atoms with E-state index in [2.05, 4.69) is 10.3 Å². The van der Waals surface area contributed by atoms with E-state index in [9.17, 15) is 9.59 Å². The fourth-order valence-corrected chi connectivity index (χ4v) is 3.93. The van der Waals surface area contributed by atoms with Crippen molar-refractivity contribution in [3.8, 4) is 5.75 Å². The molecule has 0 unspecified atom stereocenters. The third kappa shape index (κ3) is 4.71. The summed E-state index contributed by atoms with van der Waals surface area (Å²) in [7, 11) is 1.60. The Bertz CT molecular complexity index is 1200. The molecule has 0 saturated carbocycles. The first-order chi connectivity index (χ1) is 16.4. The molecule has 0 fully saturated rings. The van der Waals surface area contributed by atoms with Crippen molar-refractivity contribution in [1.29, 1.82) is 0 Å². The van der Waals surface area contributed by atoms with Crippen LogP contribution >= 0.6 is 0 Å². The zero-order chi connectivity index (χ0) is 24.2. The topological polar surface area (TPSA) is 94.2 Å². The fourth-order valence-electron chi connectivity index (χ4n) is 3.93. The minimum absolute atomic E-state index is 0.0458. The summed E-state index contributed by atoms with van der Waals surface area (Å²) >= 11 is 0. The third-order valence-corrected chi connectivity index (χ3v) is 5.72. The van der Waals surface area contributed by atoms with Crippen molar-refractivity contribution >= 4 is 17.6 Å². The monoisotopic (exact) mass is 461 g/mol. The Morgan fingerprint density at radius 3 is 2.47 bits per heavy atom. The van der Waals surface area contributed by atoms with Crippen molar-refractivity contribution in [1.82, 2.24) is 10.2 Å². The summed E-state index contributed by atoms with van der Waals surface area (Å²) in [5, 5.41) is 9.88. The molecule has 1 amide bonds. The summed E-state index contributed by atoms with van der Waals surface area (Å²) in [6.45, 7) is 5.01. The van der Waals surface area contributed by atoms with Crippen LogP contribution in [0.25, 0.3) is 0 Å². The molecular weight excluding hydrogens is 434 g/mol. The SMILES string of the molecule is COc1ccc([C@@H]2CC(c3ccccc3)=NN2C(=O)COC(=O)c2c(C)noc2C(C)C)cc1. The molecule has 2 aromatic carbocycles. The van der Waals surface area contributed by atoms with Gasteiger partial charge in [0, 0.05) is 12.3 Å². The van der Waals surface area contributed by atoms with Gasteiger partial charge in [0.2, 0.25) is 0 Å². The van der Waals surface area contributed by atoms with Crippen LogP contribution in [0, 0.1) is 6.92 Å². The lowest BCUT2D eigenvalue weighted by atomic mass is 9.98. The fraction of sp³-hybridized carbons (Fsp3) is 0.308. The van der Waals surface area contributed by atoms with Gasteiger partial charge in [0.1, 0.15) is 11.3 Å². The molecule has 1 atom stereocenters. The van der Waals surface area contributed by atoms with Gasteiger partial charge in [-0.25, -0.2) is 9.80 Å². The standard InChI is InChI=1S/C26H27N3O5/c1-16(2)25-24(17(3)28-34-25)26(31)33-15-23(30)29-22(19-10-12-20(32-4)13-11-19)14-21(27-29)18-8-6-5-7-9-18/h5-13,16,22H,14-15H2,1-4H3/t22-/m0/s1. The van der Waals surface area contributed by atoms with Crippen LogP contribution in [0.1, 0.15) is 65.2 Å². The van der Waals surface area contributed by atoms with Crippen LogP contribution in [0.4, 0.5) is 0 Å². The zero-order valence-corrected chi connectivity index (χ0v) is 19.6. The number of aromatic nitrogens is 1. The number of carbonyl (C=O) groups is 2. The average molecular weight is 462 g/mol. The lowest BCUT2D eigenvalue weighted by molar-refractivity contribution is -0.136. The highest BCUT2D eigenvalue weighted by molar-refractivity contribution is 6.03. The van der Waals surface area contributed by atoms with E-state index in [0.29, 0.717) is 17.9 Å². The van der Waals surface area contributed by atoms with Crippen LogP contribution in [-0.2, 0) is 9.53 Å². The zero-order valence-electron chi connectivity index (χ0n) is 19.6. The van der Waals surface area contributed by atoms with E-state index in [-0.39, 0.29) is 17.5 Å². The van der Waals surface area contributed by atoms with Gasteiger partial charge >= 0.3 is 5.97 Å². The number of hydrogen-bond acceptors (Lipinski definition) is 7. The highest BCUT2D eigenvalue weighted by Gasteiger charge is 2.34. The number of aryl methyl sites for hydroxylation is 1. The van der Waals surface area contributed by atoms with E-state index >= 15 is 0 Å². The molecule has 1 aliphatic rings. The number of amides is 1. The van der Waals surface area contributed by atoms with Gasteiger partial charge < -0.3 is 14.0 Å². The molecule has 0 N–H and O–H groups in total. The average Bonchev–Trinajstić information content (AvgIpc) is 3.47. The maximum atomic E-state index is 13.2. The Balaban J connectivity index is 1.55. The van der Waals surface area contributed by atoms with Gasteiger partial charge in [-0.3, -0.25) is 4.79 Å². The normalized spacial score (nSPS) is 15.4. The van der Waals surface area contributed by atoms with E-state index in [0.717, 1.165) is 22.6 Å². The van der Waals surface area contributed by atoms with Gasteiger partial charge in [-0.2, -0.15) is 5.10 Å². The molecule has 1 aliphatic heterocycles. The Hall–Kier alpha value is -3.94. The molecule has 4 rings (SSSR count). The number of esters is 1. The van der Waals surface area contributed by atoms with Gasteiger partial charge in [0.15, 0.2) is 12.4 Å². The molecule has 8 nitrogen and oxygen atoms in total. The summed E-state index contributed by atoms with van der Waals surface area (Å²) in [5.41, 5.74) is 3.34. The molecular formula is C26H27N3O5. The number of nitrogens with zero attached hydrogens (tertiary/aromatic N) is 3. The quantitative estimate of drug-likeness (QED) is 0.476. The molecule has 0 bridgehead atoms. The number of rotatable bonds is 7. The first kappa shape index (κ1) is 23.2. The largest absolute Gasteiger partial charge is 0.497 e. The van der Waals surface area contributed by atoms with Gasteiger partial charge in [-0.15, -0.1) is 0 Å². The number of ether oxygens (including phenoxy) is 2. The van der Waals surface area contributed by atoms with E-state index in [4.69, 9.17) is 14.0 Å². The molecule has 0 saturated heterocycles. The Morgan fingerprint density at radius 1 is 1.12 bits per heavy atom. The lowest BCUT2D eigenvalue weighted by Crippen LogP contribution is -2.31. The second kappa shape index (κ2) is 9.91. The van der Waals surface area contributed by atoms with Crippen molar-refractivity contribution in [2.45, 2.75) is 39.2 Å². The Morgan fingerprint density at radius 2 is 1.82 bits per heavy atom. The molecule has 34 heavy (non-hydrogen) atoms. The predicted molar refractivity (Wildman–Crippen MR) is 126 cm³/mol. The summed E-state index contributed by atoms with van der Waals surface area (Å²) in [6, 6.07) is 16.9. The first-order valence-corrected chi connectivity index (χ1v) is 11.1. The number of hydrazone groups is 1. The van der Waals surface area contributed by atoms with Crippen LogP contribution < -0.4 is 4.74 Å². The maximum Gasteiger partial charge on any atom is 0.344 e. The Labute approximate surface area is 198 Å². The molecule has 0 radical (unpaired) electrons. The van der Waals surface area contributed by atoms with Gasteiger partial charge in [0.05, 0.1) is 24.6 Å². The van der Waals surface area contributed by atoms with E-state index in [1.807, 2.05) is 68.4 Å². The smallest absolute Gasteiger partial charge is 0.344 e. The Kier molecular flexibility index (Phi) is 6.77. The molecule has 3 aromatic rings. The minimum Gasteiger partial charge on any atom is -0.497 e. The number of carbonyl (C=O) groups excluding carboxylic acids is 2. The molecule has 0 spiro atoms. The number of hydrogen-bond donors (Lipinski definition) is 0. The number of benzene rings is 2. The van der Waals surface area contributed by atoms with E-state index in [1.165, 1.54) is 5.01 Å². The van der Waals surface area contributed by atoms with Crippen molar-refractivity contribution in [2.24, 2.45) is 5.10 Å². The lowest BCUT2D eigenvalue weighted by Gasteiger charge is -2.22. The molecule has 176 valence electrons. The first-order valence-electron chi connectivity index (χ1n) is 11.1. The summed E-state index contributed by atoms with van der Waals surface area (Å²) in [6.07, 6.45) is 0.540. The molecule has 1 aromatic heterocycles. The van der Waals surface area contributed by atoms with Gasteiger partial charge in [0.25, 0.3) is 5.91 Å². The van der Waals surface area contributed by atoms with Crippen molar-refractivity contribution in [2.75, 3.05) is 13.7 Å². The highest BCUT2D eigenvalue weighted by Crippen LogP contribution is 2.33.